The van der Waals surface area contributed by atoms with Crippen LogP contribution in [0.25, 0.3) is 0 Å². The molecule has 0 saturated heterocycles. The molecule has 194 valence electrons. The molecule has 2 heterocycles. The van der Waals surface area contributed by atoms with Crippen LogP contribution >= 0.6 is 0 Å². The van der Waals surface area contributed by atoms with Gasteiger partial charge in [-0.25, -0.2) is 0 Å². The van der Waals surface area contributed by atoms with Gasteiger partial charge in [-0.05, 0) is 48.5 Å². The van der Waals surface area contributed by atoms with Gasteiger partial charge < -0.3 is 20.1 Å². The molecule has 6 heteroatoms. The summed E-state index contributed by atoms with van der Waals surface area (Å²) in [6, 6.07) is 36.7. The predicted molar refractivity (Wildman–Crippen MR) is 151 cm³/mol. The number of fused-ring (bicyclic) bond motifs is 4. The molecule has 0 aromatic heterocycles. The van der Waals surface area contributed by atoms with Crippen molar-refractivity contribution in [2.45, 2.75) is 12.1 Å². The topological polar surface area (TPSA) is 76.7 Å². The lowest BCUT2D eigenvalue weighted by Gasteiger charge is -2.29. The van der Waals surface area contributed by atoms with Crippen LogP contribution in [-0.4, -0.2) is 11.8 Å². The molecule has 40 heavy (non-hydrogen) atoms. The van der Waals surface area contributed by atoms with Crippen LogP contribution in [0.1, 0.15) is 55.1 Å². The van der Waals surface area contributed by atoms with Crippen LogP contribution in [0.15, 0.2) is 121 Å². The summed E-state index contributed by atoms with van der Waals surface area (Å²) in [5, 5.41) is 6.30. The summed E-state index contributed by atoms with van der Waals surface area (Å²) in [4.78, 5) is 26.7. The third kappa shape index (κ3) is 4.16. The summed E-state index contributed by atoms with van der Waals surface area (Å²) >= 11 is 0. The maximum Gasteiger partial charge on any atom is 0.252 e. The van der Waals surface area contributed by atoms with E-state index < -0.39 is 0 Å². The third-order valence-corrected chi connectivity index (χ3v) is 7.32. The lowest BCUT2D eigenvalue weighted by atomic mass is 9.94. The number of amides is 2. The molecule has 5 aromatic carbocycles. The first-order chi connectivity index (χ1) is 19.7. The van der Waals surface area contributed by atoms with Crippen LogP contribution in [0.2, 0.25) is 0 Å². The maximum absolute atomic E-state index is 13.3. The van der Waals surface area contributed by atoms with Gasteiger partial charge in [0.25, 0.3) is 11.8 Å². The number of para-hydroxylation sites is 4. The average molecular weight is 525 g/mol. The Morgan fingerprint density at radius 2 is 0.700 bits per heavy atom. The molecule has 0 fully saturated rings. The van der Waals surface area contributed by atoms with Gasteiger partial charge in [0.05, 0.1) is 12.1 Å². The minimum atomic E-state index is -0.356. The lowest BCUT2D eigenvalue weighted by Crippen LogP contribution is -2.32. The summed E-state index contributed by atoms with van der Waals surface area (Å²) < 4.78 is 12.1. The molecule has 7 rings (SSSR count). The molecule has 0 saturated carbocycles. The Hall–Kier alpha value is -5.36. The fourth-order valence-electron chi connectivity index (χ4n) is 5.33. The van der Waals surface area contributed by atoms with E-state index in [0.717, 1.165) is 45.3 Å². The first-order valence-corrected chi connectivity index (χ1v) is 13.1. The molecule has 0 radical (unpaired) electrons. The van der Waals surface area contributed by atoms with Crippen LogP contribution in [0.3, 0.4) is 0 Å². The number of nitrogens with one attached hydrogen (secondary N) is 2. The Kier molecular flexibility index (Phi) is 5.78. The summed E-state index contributed by atoms with van der Waals surface area (Å²) in [7, 11) is 0. The van der Waals surface area contributed by atoms with Crippen LogP contribution in [-0.2, 0) is 0 Å². The van der Waals surface area contributed by atoms with E-state index in [1.54, 1.807) is 24.3 Å². The van der Waals surface area contributed by atoms with Gasteiger partial charge in [0, 0.05) is 33.4 Å². The van der Waals surface area contributed by atoms with Gasteiger partial charge in [-0.15, -0.1) is 0 Å². The SMILES string of the molecule is O=C(NC1c2ccccc2Oc2ccccc21)c1ccc(C(=O)NC2c3ccccc3Oc3ccccc32)cc1. The summed E-state index contributed by atoms with van der Waals surface area (Å²) in [5.41, 5.74) is 4.48. The fourth-order valence-corrected chi connectivity index (χ4v) is 5.33. The van der Waals surface area contributed by atoms with Gasteiger partial charge in [-0.2, -0.15) is 0 Å². The molecule has 2 aliphatic rings. The normalized spacial score (nSPS) is 13.4. The van der Waals surface area contributed by atoms with Gasteiger partial charge in [0.2, 0.25) is 0 Å². The van der Waals surface area contributed by atoms with Crippen molar-refractivity contribution in [2.24, 2.45) is 0 Å². The zero-order chi connectivity index (χ0) is 27.1. The number of hydrogen-bond donors (Lipinski definition) is 2. The molecular formula is C34H24N2O4. The fraction of sp³-hybridized carbons (Fsp3) is 0.0588. The van der Waals surface area contributed by atoms with Crippen molar-refractivity contribution in [3.05, 3.63) is 155 Å². The second-order valence-electron chi connectivity index (χ2n) is 9.75. The molecule has 0 atom stereocenters. The van der Waals surface area contributed by atoms with Crippen molar-refractivity contribution in [2.75, 3.05) is 0 Å². The van der Waals surface area contributed by atoms with Crippen molar-refractivity contribution in [3.63, 3.8) is 0 Å². The summed E-state index contributed by atoms with van der Waals surface area (Å²) in [6.45, 7) is 0. The highest BCUT2D eigenvalue weighted by atomic mass is 16.5. The molecule has 0 unspecified atom stereocenters. The molecule has 6 nitrogen and oxygen atoms in total. The molecule has 2 N–H and O–H groups in total. The first kappa shape index (κ1) is 23.7. The lowest BCUT2D eigenvalue weighted by molar-refractivity contribution is 0.0929. The van der Waals surface area contributed by atoms with Crippen LogP contribution in [0.5, 0.6) is 23.0 Å². The smallest absolute Gasteiger partial charge is 0.252 e. The molecule has 0 spiro atoms. The Bertz CT molecular complexity index is 1540. The molecular weight excluding hydrogens is 500 g/mol. The number of rotatable bonds is 4. The van der Waals surface area contributed by atoms with Gasteiger partial charge in [0.15, 0.2) is 0 Å². The molecule has 5 aromatic rings. The van der Waals surface area contributed by atoms with Gasteiger partial charge in [-0.3, -0.25) is 9.59 Å². The van der Waals surface area contributed by atoms with Crippen molar-refractivity contribution in [1.82, 2.24) is 10.6 Å². The van der Waals surface area contributed by atoms with E-state index in [0.29, 0.717) is 11.1 Å². The Balaban J connectivity index is 1.11. The van der Waals surface area contributed by atoms with Crippen LogP contribution < -0.4 is 20.1 Å². The summed E-state index contributed by atoms with van der Waals surface area (Å²) in [5.74, 6) is 2.39. The highest BCUT2D eigenvalue weighted by Gasteiger charge is 2.30. The van der Waals surface area contributed by atoms with E-state index in [9.17, 15) is 9.59 Å². The number of carbonyl (C=O) groups excluding carboxylic acids is 2. The molecule has 0 bridgehead atoms. The van der Waals surface area contributed by atoms with Crippen molar-refractivity contribution in [3.8, 4) is 23.0 Å². The zero-order valence-corrected chi connectivity index (χ0v) is 21.3. The number of benzene rings is 5. The van der Waals surface area contributed by atoms with Gasteiger partial charge >= 0.3 is 0 Å². The van der Waals surface area contributed by atoms with Crippen molar-refractivity contribution < 1.29 is 19.1 Å². The number of hydrogen-bond acceptors (Lipinski definition) is 4. The second-order valence-corrected chi connectivity index (χ2v) is 9.75. The van der Waals surface area contributed by atoms with Gasteiger partial charge in [0.1, 0.15) is 23.0 Å². The Morgan fingerprint density at radius 1 is 0.425 bits per heavy atom. The number of ether oxygens (including phenoxy) is 2. The van der Waals surface area contributed by atoms with Crippen LogP contribution in [0.4, 0.5) is 0 Å². The zero-order valence-electron chi connectivity index (χ0n) is 21.3. The second kappa shape index (κ2) is 9.75. The van der Waals surface area contributed by atoms with E-state index >= 15 is 0 Å². The Morgan fingerprint density at radius 3 is 1.00 bits per heavy atom. The maximum atomic E-state index is 13.3. The van der Waals surface area contributed by atoms with Crippen molar-refractivity contribution in [1.29, 1.82) is 0 Å². The number of carbonyl (C=O) groups is 2. The van der Waals surface area contributed by atoms with E-state index in [4.69, 9.17) is 9.47 Å². The first-order valence-electron chi connectivity index (χ1n) is 13.1. The van der Waals surface area contributed by atoms with E-state index in [1.807, 2.05) is 97.1 Å². The van der Waals surface area contributed by atoms with Crippen LogP contribution in [0, 0.1) is 0 Å². The standard InChI is InChI=1S/C34H24N2O4/c37-33(35-31-23-9-1-5-13-27(23)39-28-14-6-2-10-24(28)31)21-17-19-22(20-18-21)34(38)36-32-25-11-3-7-15-29(25)40-30-16-8-4-12-26(30)32/h1-20,31-32H,(H,35,37)(H,36,38). The molecule has 2 amide bonds. The monoisotopic (exact) mass is 524 g/mol. The minimum absolute atomic E-state index is 0.240. The summed E-state index contributed by atoms with van der Waals surface area (Å²) in [6.07, 6.45) is 0. The largest absolute Gasteiger partial charge is 0.457 e. The highest BCUT2D eigenvalue weighted by Crippen LogP contribution is 2.43. The van der Waals surface area contributed by atoms with Gasteiger partial charge in [-0.1, -0.05) is 72.8 Å². The average Bonchev–Trinajstić information content (AvgIpc) is 3.00. The third-order valence-electron chi connectivity index (χ3n) is 7.32. The van der Waals surface area contributed by atoms with E-state index in [1.165, 1.54) is 0 Å². The van der Waals surface area contributed by atoms with E-state index in [2.05, 4.69) is 10.6 Å². The Labute approximate surface area is 231 Å². The molecule has 0 aliphatic carbocycles. The van der Waals surface area contributed by atoms with Crippen molar-refractivity contribution >= 4 is 11.8 Å². The molecule has 2 aliphatic heterocycles. The highest BCUT2D eigenvalue weighted by molar-refractivity contribution is 5.98. The van der Waals surface area contributed by atoms with E-state index in [-0.39, 0.29) is 23.9 Å². The predicted octanol–water partition coefficient (Wildman–Crippen LogP) is 6.94. The minimum Gasteiger partial charge on any atom is -0.457 e. The quantitative estimate of drug-likeness (QED) is 0.267.